The lowest BCUT2D eigenvalue weighted by molar-refractivity contribution is -0.00518. The van der Waals surface area contributed by atoms with Crippen molar-refractivity contribution >= 4 is 27.3 Å². The van der Waals surface area contributed by atoms with E-state index in [0.717, 1.165) is 29.0 Å². The molecule has 4 bridgehead atoms. The number of aryl methyl sites for hydroxylation is 2. The summed E-state index contributed by atoms with van der Waals surface area (Å²) in [6, 6.07) is 20.3. The van der Waals surface area contributed by atoms with Gasteiger partial charge in [-0.3, -0.25) is 9.52 Å². The molecule has 192 valence electrons. The van der Waals surface area contributed by atoms with Crippen molar-refractivity contribution in [2.45, 2.75) is 62.7 Å². The van der Waals surface area contributed by atoms with E-state index in [2.05, 4.69) is 22.2 Å². The van der Waals surface area contributed by atoms with Crippen LogP contribution < -0.4 is 10.0 Å². The van der Waals surface area contributed by atoms with Crippen LogP contribution in [0.4, 0.5) is 11.4 Å². The van der Waals surface area contributed by atoms with Gasteiger partial charge < -0.3 is 5.32 Å². The van der Waals surface area contributed by atoms with Gasteiger partial charge in [0.1, 0.15) is 0 Å². The molecule has 4 fully saturated rings. The Kier molecular flexibility index (Phi) is 5.90. The van der Waals surface area contributed by atoms with Crippen LogP contribution in [0.15, 0.2) is 71.6 Å². The van der Waals surface area contributed by atoms with Crippen molar-refractivity contribution < 1.29 is 13.2 Å². The summed E-state index contributed by atoms with van der Waals surface area (Å²) < 4.78 is 28.8. The number of hydrogen-bond donors (Lipinski definition) is 2. The van der Waals surface area contributed by atoms with Crippen LogP contribution in [0.3, 0.4) is 0 Å². The summed E-state index contributed by atoms with van der Waals surface area (Å²) in [5.41, 5.74) is 4.87. The molecule has 0 atom stereocenters. The van der Waals surface area contributed by atoms with Crippen LogP contribution in [0.5, 0.6) is 0 Å². The maximum absolute atomic E-state index is 13.1. The normalized spacial score (nSPS) is 26.2. The van der Waals surface area contributed by atoms with Crippen molar-refractivity contribution in [2.75, 3.05) is 10.0 Å². The van der Waals surface area contributed by atoms with Gasteiger partial charge in [0.15, 0.2) is 0 Å². The molecule has 4 aliphatic carbocycles. The fourth-order valence-electron chi connectivity index (χ4n) is 7.44. The summed E-state index contributed by atoms with van der Waals surface area (Å²) >= 11 is 0. The third kappa shape index (κ3) is 4.68. The molecule has 1 amide bonds. The second-order valence-corrected chi connectivity index (χ2v) is 13.3. The van der Waals surface area contributed by atoms with Gasteiger partial charge in [0.05, 0.1) is 4.90 Å². The first-order valence-corrected chi connectivity index (χ1v) is 14.8. The van der Waals surface area contributed by atoms with E-state index in [9.17, 15) is 13.2 Å². The summed E-state index contributed by atoms with van der Waals surface area (Å²) in [7, 11) is -3.84. The number of hydrogen-bond acceptors (Lipinski definition) is 3. The Balaban J connectivity index is 1.18. The largest absolute Gasteiger partial charge is 0.322 e. The van der Waals surface area contributed by atoms with Gasteiger partial charge in [0.25, 0.3) is 15.9 Å². The highest BCUT2D eigenvalue weighted by atomic mass is 32.2. The molecule has 37 heavy (non-hydrogen) atoms. The standard InChI is InChI=1S/C31H34N2O3S/c1-20-3-9-28(10-4-20)33-37(35,36)29-16-25(6-5-21(29)2)30(34)32-27-11-7-26(8-12-27)31-17-22-13-23(18-31)15-24(14-22)19-31/h3-12,16,22-24,33H,13-15,17-19H2,1-2H3,(H,32,34). The number of benzene rings is 3. The average Bonchev–Trinajstić information content (AvgIpc) is 2.85. The van der Waals surface area contributed by atoms with E-state index in [4.69, 9.17) is 0 Å². The Morgan fingerprint density at radius 3 is 1.95 bits per heavy atom. The van der Waals surface area contributed by atoms with Crippen molar-refractivity contribution in [3.63, 3.8) is 0 Å². The summed E-state index contributed by atoms with van der Waals surface area (Å²) in [6.07, 6.45) is 8.18. The van der Waals surface area contributed by atoms with Gasteiger partial charge in [-0.2, -0.15) is 0 Å². The van der Waals surface area contributed by atoms with Crippen molar-refractivity contribution in [1.29, 1.82) is 0 Å². The summed E-state index contributed by atoms with van der Waals surface area (Å²) in [5, 5.41) is 2.96. The van der Waals surface area contributed by atoms with Crippen molar-refractivity contribution in [1.82, 2.24) is 0 Å². The van der Waals surface area contributed by atoms with E-state index in [1.807, 2.05) is 31.2 Å². The minimum Gasteiger partial charge on any atom is -0.322 e. The molecule has 7 rings (SSSR count). The molecule has 6 heteroatoms. The number of amides is 1. The van der Waals surface area contributed by atoms with Crippen LogP contribution in [0.25, 0.3) is 0 Å². The van der Waals surface area contributed by atoms with Crippen LogP contribution in [0, 0.1) is 31.6 Å². The molecule has 0 saturated heterocycles. The molecule has 0 aromatic heterocycles. The predicted molar refractivity (Wildman–Crippen MR) is 147 cm³/mol. The minimum atomic E-state index is -3.84. The molecule has 0 radical (unpaired) electrons. The monoisotopic (exact) mass is 514 g/mol. The Labute approximate surface area is 219 Å². The van der Waals surface area contributed by atoms with Crippen molar-refractivity contribution in [3.8, 4) is 0 Å². The highest BCUT2D eigenvalue weighted by molar-refractivity contribution is 7.92. The number of nitrogens with one attached hydrogen (secondary N) is 2. The van der Waals surface area contributed by atoms with E-state index in [-0.39, 0.29) is 10.8 Å². The molecule has 2 N–H and O–H groups in total. The Morgan fingerprint density at radius 2 is 1.35 bits per heavy atom. The van der Waals surface area contributed by atoms with E-state index in [0.29, 0.717) is 22.2 Å². The third-order valence-electron chi connectivity index (χ3n) is 8.84. The van der Waals surface area contributed by atoms with Crippen molar-refractivity contribution in [2.24, 2.45) is 17.8 Å². The van der Waals surface area contributed by atoms with Crippen LogP contribution in [-0.2, 0) is 15.4 Å². The number of carbonyl (C=O) groups is 1. The fraction of sp³-hybridized carbons (Fsp3) is 0.387. The number of carbonyl (C=O) groups excluding carboxylic acids is 1. The molecule has 3 aromatic rings. The van der Waals surface area contributed by atoms with Gasteiger partial charge in [-0.05, 0) is 123 Å². The second kappa shape index (κ2) is 9.02. The SMILES string of the molecule is Cc1ccc(NS(=O)(=O)c2cc(C(=O)Nc3ccc(C45CC6CC(CC(C6)C4)C5)cc3)ccc2C)cc1. The van der Waals surface area contributed by atoms with E-state index >= 15 is 0 Å². The molecule has 4 saturated carbocycles. The number of anilines is 2. The fourth-order valence-corrected chi connectivity index (χ4v) is 8.77. The predicted octanol–water partition coefficient (Wildman–Crippen LogP) is 6.82. The molecule has 5 nitrogen and oxygen atoms in total. The second-order valence-electron chi connectivity index (χ2n) is 11.7. The molecule has 4 aliphatic rings. The zero-order valence-corrected chi connectivity index (χ0v) is 22.3. The molecule has 0 aliphatic heterocycles. The van der Waals surface area contributed by atoms with Gasteiger partial charge in [-0.15, -0.1) is 0 Å². The topological polar surface area (TPSA) is 75.3 Å². The minimum absolute atomic E-state index is 0.0953. The van der Waals surface area contributed by atoms with Crippen LogP contribution >= 0.6 is 0 Å². The van der Waals surface area contributed by atoms with Gasteiger partial charge in [0.2, 0.25) is 0 Å². The van der Waals surface area contributed by atoms with E-state index in [1.165, 1.54) is 50.2 Å². The molecule has 0 heterocycles. The summed E-state index contributed by atoms with van der Waals surface area (Å²) in [5.74, 6) is 2.34. The molecule has 3 aromatic carbocycles. The summed E-state index contributed by atoms with van der Waals surface area (Å²) in [6.45, 7) is 3.68. The van der Waals surface area contributed by atoms with Gasteiger partial charge in [-0.25, -0.2) is 8.42 Å². The first kappa shape index (κ1) is 24.2. The molecule has 0 unspecified atom stereocenters. The molecular formula is C31H34N2O3S. The zero-order valence-electron chi connectivity index (χ0n) is 21.5. The Bertz CT molecular complexity index is 1410. The summed E-state index contributed by atoms with van der Waals surface area (Å²) in [4.78, 5) is 13.2. The Hall–Kier alpha value is -3.12. The Morgan fingerprint density at radius 1 is 0.784 bits per heavy atom. The maximum atomic E-state index is 13.1. The lowest BCUT2D eigenvalue weighted by Crippen LogP contribution is -2.48. The average molecular weight is 515 g/mol. The first-order chi connectivity index (χ1) is 17.7. The lowest BCUT2D eigenvalue weighted by atomic mass is 9.48. The number of sulfonamides is 1. The zero-order chi connectivity index (χ0) is 25.8. The lowest BCUT2D eigenvalue weighted by Gasteiger charge is -2.57. The smallest absolute Gasteiger partial charge is 0.262 e. The van der Waals surface area contributed by atoms with E-state index in [1.54, 1.807) is 31.2 Å². The van der Waals surface area contributed by atoms with Crippen LogP contribution in [0.1, 0.15) is 65.6 Å². The van der Waals surface area contributed by atoms with Crippen LogP contribution in [0.2, 0.25) is 0 Å². The van der Waals surface area contributed by atoms with Gasteiger partial charge >= 0.3 is 0 Å². The van der Waals surface area contributed by atoms with Crippen LogP contribution in [-0.4, -0.2) is 14.3 Å². The first-order valence-electron chi connectivity index (χ1n) is 13.3. The third-order valence-corrected chi connectivity index (χ3v) is 10.4. The molecule has 0 spiro atoms. The highest BCUT2D eigenvalue weighted by Gasteiger charge is 2.51. The quantitative estimate of drug-likeness (QED) is 0.379. The van der Waals surface area contributed by atoms with Gasteiger partial charge in [-0.1, -0.05) is 35.9 Å². The maximum Gasteiger partial charge on any atom is 0.262 e. The highest BCUT2D eigenvalue weighted by Crippen LogP contribution is 2.60. The van der Waals surface area contributed by atoms with E-state index < -0.39 is 10.0 Å². The van der Waals surface area contributed by atoms with Crippen molar-refractivity contribution in [3.05, 3.63) is 89.0 Å². The van der Waals surface area contributed by atoms with Gasteiger partial charge in [0, 0.05) is 16.9 Å². The molecular weight excluding hydrogens is 480 g/mol. The number of rotatable bonds is 6.